The highest BCUT2D eigenvalue weighted by Crippen LogP contribution is 2.28. The Labute approximate surface area is 103 Å². The molecule has 16 heavy (non-hydrogen) atoms. The lowest BCUT2D eigenvalue weighted by molar-refractivity contribution is 1.34. The molecule has 78 valence electrons. The minimum atomic E-state index is 0.986. The summed E-state index contributed by atoms with van der Waals surface area (Å²) in [4.78, 5) is 3.40. The molecule has 2 aromatic carbocycles. The van der Waals surface area contributed by atoms with Gasteiger partial charge in [-0.3, -0.25) is 0 Å². The molecule has 0 spiro atoms. The summed E-state index contributed by atoms with van der Waals surface area (Å²) in [5.74, 6) is 0. The quantitative estimate of drug-likeness (QED) is 0.589. The molecule has 0 saturated heterocycles. The Morgan fingerprint density at radius 3 is 1.94 bits per heavy atom. The fourth-order valence-corrected chi connectivity index (χ4v) is 2.47. The summed E-state index contributed by atoms with van der Waals surface area (Å²) in [5, 5.41) is 10.6. The smallest absolute Gasteiger partial charge is 0.138 e. The molecule has 3 heteroatoms. The van der Waals surface area contributed by atoms with Crippen LogP contribution in [0.15, 0.2) is 69.3 Å². The summed E-state index contributed by atoms with van der Waals surface area (Å²) in [5.41, 5.74) is 0. The van der Waals surface area contributed by atoms with Gasteiger partial charge in [0.2, 0.25) is 0 Å². The number of nitriles is 1. The summed E-state index contributed by atoms with van der Waals surface area (Å²) >= 11 is 2.91. The average molecular weight is 243 g/mol. The Morgan fingerprint density at radius 2 is 1.31 bits per heavy atom. The van der Waals surface area contributed by atoms with Crippen molar-refractivity contribution in [3.63, 3.8) is 0 Å². The maximum absolute atomic E-state index is 8.53. The Morgan fingerprint density at radius 1 is 0.750 bits per heavy atom. The maximum Gasteiger partial charge on any atom is 0.138 e. The molecule has 0 fully saturated rings. The fourth-order valence-electron chi connectivity index (χ4n) is 1.25. The molecule has 0 bridgehead atoms. The summed E-state index contributed by atoms with van der Waals surface area (Å²) in [6.07, 6.45) is 0. The van der Waals surface area contributed by atoms with Crippen molar-refractivity contribution >= 4 is 23.5 Å². The van der Waals surface area contributed by atoms with Crippen LogP contribution >= 0.6 is 23.5 Å². The number of benzene rings is 2. The zero-order valence-corrected chi connectivity index (χ0v) is 10.1. The second-order valence-corrected chi connectivity index (χ2v) is 5.08. The molecule has 2 rings (SSSR count). The zero-order chi connectivity index (χ0) is 11.2. The molecule has 0 unspecified atom stereocenters. The monoisotopic (exact) mass is 243 g/mol. The number of hydrogen-bond donors (Lipinski definition) is 0. The standard InChI is InChI=1S/C13H9NS2/c14-10-15-11-6-8-13(9-7-11)16-12-4-2-1-3-5-12/h1-9H. The van der Waals surface area contributed by atoms with Crippen molar-refractivity contribution in [2.45, 2.75) is 14.7 Å². The first-order chi connectivity index (χ1) is 7.88. The minimum Gasteiger partial charge on any atom is -0.185 e. The Hall–Kier alpha value is -1.37. The molecule has 0 aliphatic heterocycles. The van der Waals surface area contributed by atoms with Gasteiger partial charge in [-0.15, -0.1) is 0 Å². The molecule has 0 aromatic heterocycles. The molecule has 0 aliphatic rings. The van der Waals surface area contributed by atoms with Crippen molar-refractivity contribution in [1.29, 1.82) is 5.26 Å². The van der Waals surface area contributed by atoms with E-state index in [0.717, 1.165) is 4.90 Å². The van der Waals surface area contributed by atoms with Crippen LogP contribution in [0.1, 0.15) is 0 Å². The lowest BCUT2D eigenvalue weighted by atomic mass is 10.4. The largest absolute Gasteiger partial charge is 0.185 e. The van der Waals surface area contributed by atoms with Gasteiger partial charge in [-0.05, 0) is 48.2 Å². The van der Waals surface area contributed by atoms with Crippen LogP contribution in [-0.2, 0) is 0 Å². The Bertz CT molecular complexity index is 486. The maximum atomic E-state index is 8.53. The van der Waals surface area contributed by atoms with Crippen molar-refractivity contribution in [2.24, 2.45) is 0 Å². The molecule has 0 amide bonds. The highest BCUT2D eigenvalue weighted by molar-refractivity contribution is 8.03. The SMILES string of the molecule is N#CSc1ccc(Sc2ccccc2)cc1. The van der Waals surface area contributed by atoms with Crippen LogP contribution < -0.4 is 0 Å². The Balaban J connectivity index is 2.09. The number of thioether (sulfide) groups is 1. The second kappa shape index (κ2) is 5.64. The first-order valence-corrected chi connectivity index (χ1v) is 6.41. The van der Waals surface area contributed by atoms with Crippen LogP contribution in [0.25, 0.3) is 0 Å². The van der Waals surface area contributed by atoms with E-state index >= 15 is 0 Å². The second-order valence-electron chi connectivity index (χ2n) is 3.08. The minimum absolute atomic E-state index is 0.986. The highest BCUT2D eigenvalue weighted by atomic mass is 32.2. The number of thiocyanates is 1. The van der Waals surface area contributed by atoms with Crippen LogP contribution in [0.5, 0.6) is 0 Å². The number of rotatable bonds is 3. The van der Waals surface area contributed by atoms with Gasteiger partial charge >= 0.3 is 0 Å². The van der Waals surface area contributed by atoms with Gasteiger partial charge in [0.05, 0.1) is 0 Å². The van der Waals surface area contributed by atoms with Crippen molar-refractivity contribution in [1.82, 2.24) is 0 Å². The van der Waals surface area contributed by atoms with Gasteiger partial charge in [-0.1, -0.05) is 30.0 Å². The number of hydrogen-bond acceptors (Lipinski definition) is 3. The summed E-state index contributed by atoms with van der Waals surface area (Å²) in [6.45, 7) is 0. The van der Waals surface area contributed by atoms with E-state index in [1.807, 2.05) is 42.5 Å². The van der Waals surface area contributed by atoms with E-state index in [4.69, 9.17) is 5.26 Å². The first-order valence-electron chi connectivity index (χ1n) is 4.77. The fraction of sp³-hybridized carbons (Fsp3) is 0. The average Bonchev–Trinajstić information content (AvgIpc) is 2.33. The Kier molecular flexibility index (Phi) is 3.92. The molecule has 0 aliphatic carbocycles. The predicted molar refractivity (Wildman–Crippen MR) is 68.5 cm³/mol. The third kappa shape index (κ3) is 3.06. The first kappa shape index (κ1) is 11.1. The summed E-state index contributed by atoms with van der Waals surface area (Å²) in [7, 11) is 0. The lowest BCUT2D eigenvalue weighted by Crippen LogP contribution is -1.73. The van der Waals surface area contributed by atoms with Crippen LogP contribution in [0.2, 0.25) is 0 Å². The van der Waals surface area contributed by atoms with Gasteiger partial charge in [0.1, 0.15) is 5.40 Å². The van der Waals surface area contributed by atoms with Crippen molar-refractivity contribution in [3.05, 3.63) is 54.6 Å². The number of nitrogens with zero attached hydrogens (tertiary/aromatic N) is 1. The highest BCUT2D eigenvalue weighted by Gasteiger charge is 1.97. The van der Waals surface area contributed by atoms with Gasteiger partial charge in [-0.25, -0.2) is 0 Å². The molecule has 0 saturated carbocycles. The van der Waals surface area contributed by atoms with E-state index in [-0.39, 0.29) is 0 Å². The van der Waals surface area contributed by atoms with Crippen LogP contribution in [0.4, 0.5) is 0 Å². The zero-order valence-electron chi connectivity index (χ0n) is 8.46. The lowest BCUT2D eigenvalue weighted by Gasteiger charge is -2.01. The van der Waals surface area contributed by atoms with Crippen molar-refractivity contribution in [2.75, 3.05) is 0 Å². The summed E-state index contributed by atoms with van der Waals surface area (Å²) < 4.78 is 0. The van der Waals surface area contributed by atoms with E-state index in [9.17, 15) is 0 Å². The topological polar surface area (TPSA) is 23.8 Å². The normalized spacial score (nSPS) is 9.69. The van der Waals surface area contributed by atoms with Crippen molar-refractivity contribution < 1.29 is 0 Å². The van der Waals surface area contributed by atoms with Gasteiger partial charge < -0.3 is 0 Å². The molecule has 0 N–H and O–H groups in total. The van der Waals surface area contributed by atoms with Gasteiger partial charge in [0.25, 0.3) is 0 Å². The molecule has 0 heterocycles. The van der Waals surface area contributed by atoms with E-state index in [2.05, 4.69) is 17.5 Å². The van der Waals surface area contributed by atoms with E-state index in [1.165, 1.54) is 21.6 Å². The van der Waals surface area contributed by atoms with E-state index in [0.29, 0.717) is 0 Å². The molecular formula is C13H9NS2. The van der Waals surface area contributed by atoms with Crippen LogP contribution in [0.3, 0.4) is 0 Å². The third-order valence-electron chi connectivity index (χ3n) is 1.97. The molecule has 2 aromatic rings. The van der Waals surface area contributed by atoms with E-state index in [1.54, 1.807) is 11.8 Å². The van der Waals surface area contributed by atoms with E-state index < -0.39 is 0 Å². The summed E-state index contributed by atoms with van der Waals surface area (Å²) in [6, 6.07) is 18.3. The van der Waals surface area contributed by atoms with Crippen LogP contribution in [0, 0.1) is 10.7 Å². The van der Waals surface area contributed by atoms with Gasteiger partial charge in [0.15, 0.2) is 0 Å². The predicted octanol–water partition coefficient (Wildman–Crippen LogP) is 4.41. The van der Waals surface area contributed by atoms with Gasteiger partial charge in [-0.2, -0.15) is 5.26 Å². The molecule has 1 nitrogen and oxygen atoms in total. The third-order valence-corrected chi connectivity index (χ3v) is 3.58. The van der Waals surface area contributed by atoms with Crippen LogP contribution in [-0.4, -0.2) is 0 Å². The molecule has 0 radical (unpaired) electrons. The van der Waals surface area contributed by atoms with Gasteiger partial charge in [0, 0.05) is 14.7 Å². The van der Waals surface area contributed by atoms with Crippen molar-refractivity contribution in [3.8, 4) is 5.40 Å². The molecule has 0 atom stereocenters. The molecular weight excluding hydrogens is 234 g/mol.